The maximum absolute atomic E-state index is 13.1. The van der Waals surface area contributed by atoms with Gasteiger partial charge in [-0.15, -0.1) is 0 Å². The van der Waals surface area contributed by atoms with Crippen LogP contribution in [0.5, 0.6) is 0 Å². The van der Waals surface area contributed by atoms with Gasteiger partial charge in [-0.3, -0.25) is 0 Å². The normalized spacial score (nSPS) is 19.9. The number of halogens is 2. The lowest BCUT2D eigenvalue weighted by atomic mass is 9.89. The van der Waals surface area contributed by atoms with Gasteiger partial charge in [-0.2, -0.15) is 0 Å². The van der Waals surface area contributed by atoms with Gasteiger partial charge in [0.05, 0.1) is 0 Å². The Bertz CT molecular complexity index is 691. The van der Waals surface area contributed by atoms with Gasteiger partial charge in [-0.25, -0.2) is 8.78 Å². The van der Waals surface area contributed by atoms with Crippen LogP contribution < -0.4 is 0 Å². The molecule has 2 aliphatic heterocycles. The minimum absolute atomic E-state index is 0.143. The van der Waals surface area contributed by atoms with Crippen LogP contribution in [0.15, 0.2) is 48.5 Å². The molecule has 0 radical (unpaired) electrons. The monoisotopic (exact) mass is 412 g/mol. The average molecular weight is 413 g/mol. The van der Waals surface area contributed by atoms with Gasteiger partial charge >= 0.3 is 0 Å². The zero-order valence-corrected chi connectivity index (χ0v) is 17.9. The Kier molecular flexibility index (Phi) is 7.51. The smallest absolute Gasteiger partial charge is 0.123 e. The van der Waals surface area contributed by atoms with Crippen molar-refractivity contribution >= 4 is 0 Å². The molecule has 0 atom stereocenters. The highest BCUT2D eigenvalue weighted by Gasteiger charge is 2.22. The predicted octanol–water partition coefficient (Wildman–Crippen LogP) is 5.80. The van der Waals surface area contributed by atoms with Crippen LogP contribution in [0.2, 0.25) is 0 Å². The highest BCUT2D eigenvalue weighted by Crippen LogP contribution is 2.29. The summed E-state index contributed by atoms with van der Waals surface area (Å²) in [6.07, 6.45) is 7.26. The zero-order chi connectivity index (χ0) is 20.8. The van der Waals surface area contributed by atoms with E-state index in [1.807, 2.05) is 24.3 Å². The number of rotatable bonds is 7. The molecule has 4 heteroatoms. The standard InChI is InChI=1S/C26H34F2N2/c27-25-7-3-21(4-8-25)23-11-17-29(18-12-23)15-1-2-16-30-19-13-24(14-20-30)22-5-9-26(28)10-6-22/h3-10,23-24H,1-2,11-20H2. The van der Waals surface area contributed by atoms with E-state index < -0.39 is 0 Å². The molecule has 2 fully saturated rings. The molecule has 0 saturated carbocycles. The molecular weight excluding hydrogens is 378 g/mol. The number of unbranched alkanes of at least 4 members (excludes halogenated alkanes) is 1. The lowest BCUT2D eigenvalue weighted by Gasteiger charge is -2.33. The first-order valence-corrected chi connectivity index (χ1v) is 11.6. The van der Waals surface area contributed by atoms with Crippen LogP contribution in [0.3, 0.4) is 0 Å². The summed E-state index contributed by atoms with van der Waals surface area (Å²) in [7, 11) is 0. The Morgan fingerprint density at radius 1 is 0.567 bits per heavy atom. The van der Waals surface area contributed by atoms with E-state index in [9.17, 15) is 8.78 Å². The third-order valence-corrected chi connectivity index (χ3v) is 7.06. The molecule has 0 amide bonds. The lowest BCUT2D eigenvalue weighted by molar-refractivity contribution is 0.188. The van der Waals surface area contributed by atoms with E-state index >= 15 is 0 Å². The number of nitrogens with zero attached hydrogens (tertiary/aromatic N) is 2. The van der Waals surface area contributed by atoms with Crippen LogP contribution in [0.25, 0.3) is 0 Å². The molecule has 0 unspecified atom stereocenters. The van der Waals surface area contributed by atoms with Crippen molar-refractivity contribution in [3.05, 3.63) is 71.3 Å². The third kappa shape index (κ3) is 5.89. The Morgan fingerprint density at radius 2 is 0.900 bits per heavy atom. The third-order valence-electron chi connectivity index (χ3n) is 7.06. The molecule has 30 heavy (non-hydrogen) atoms. The Morgan fingerprint density at radius 3 is 1.23 bits per heavy atom. The molecule has 4 rings (SSSR count). The van der Waals surface area contributed by atoms with Crippen LogP contribution in [0, 0.1) is 11.6 Å². The molecule has 0 aromatic heterocycles. The van der Waals surface area contributed by atoms with E-state index in [2.05, 4.69) is 9.80 Å². The first-order chi connectivity index (χ1) is 14.7. The molecule has 2 heterocycles. The Labute approximate surface area is 179 Å². The van der Waals surface area contributed by atoms with E-state index in [1.165, 1.54) is 62.7 Å². The summed E-state index contributed by atoms with van der Waals surface area (Å²) in [5.41, 5.74) is 2.58. The van der Waals surface area contributed by atoms with E-state index in [0.717, 1.165) is 26.2 Å². The molecule has 2 aliphatic rings. The maximum atomic E-state index is 13.1. The van der Waals surface area contributed by atoms with Crippen molar-refractivity contribution in [1.82, 2.24) is 9.80 Å². The van der Waals surface area contributed by atoms with Crippen LogP contribution in [-0.4, -0.2) is 49.1 Å². The quantitative estimate of drug-likeness (QED) is 0.530. The topological polar surface area (TPSA) is 6.48 Å². The van der Waals surface area contributed by atoms with Crippen molar-refractivity contribution in [2.24, 2.45) is 0 Å². The minimum atomic E-state index is -0.143. The van der Waals surface area contributed by atoms with Crippen LogP contribution in [0.1, 0.15) is 61.5 Å². The molecule has 0 spiro atoms. The van der Waals surface area contributed by atoms with Crippen molar-refractivity contribution in [1.29, 1.82) is 0 Å². The summed E-state index contributed by atoms with van der Waals surface area (Å²) >= 11 is 0. The van der Waals surface area contributed by atoms with Gasteiger partial charge in [0.1, 0.15) is 11.6 Å². The van der Waals surface area contributed by atoms with E-state index in [0.29, 0.717) is 11.8 Å². The lowest BCUT2D eigenvalue weighted by Crippen LogP contribution is -2.35. The van der Waals surface area contributed by atoms with E-state index in [1.54, 1.807) is 24.3 Å². The van der Waals surface area contributed by atoms with Gasteiger partial charge in [0.2, 0.25) is 0 Å². The SMILES string of the molecule is Fc1ccc(C2CCN(CCCCN3CCC(c4ccc(F)cc4)CC3)CC2)cc1. The summed E-state index contributed by atoms with van der Waals surface area (Å²) < 4.78 is 26.2. The molecule has 2 saturated heterocycles. The van der Waals surface area contributed by atoms with Gasteiger partial charge in [-0.1, -0.05) is 24.3 Å². The van der Waals surface area contributed by atoms with Gasteiger partial charge in [-0.05, 0) is 125 Å². The fraction of sp³-hybridized carbons (Fsp3) is 0.538. The first-order valence-electron chi connectivity index (χ1n) is 11.6. The van der Waals surface area contributed by atoms with Crippen LogP contribution in [-0.2, 0) is 0 Å². The Hall–Kier alpha value is -1.78. The number of hydrogen-bond acceptors (Lipinski definition) is 2. The van der Waals surface area contributed by atoms with Crippen molar-refractivity contribution in [3.8, 4) is 0 Å². The highest BCUT2D eigenvalue weighted by atomic mass is 19.1. The first kappa shape index (κ1) is 21.5. The summed E-state index contributed by atoms with van der Waals surface area (Å²) in [5.74, 6) is 0.889. The van der Waals surface area contributed by atoms with Crippen molar-refractivity contribution in [3.63, 3.8) is 0 Å². The summed E-state index contributed by atoms with van der Waals surface area (Å²) in [6, 6.07) is 14.2. The minimum Gasteiger partial charge on any atom is -0.303 e. The number of benzene rings is 2. The summed E-state index contributed by atoms with van der Waals surface area (Å²) in [4.78, 5) is 5.20. The molecule has 2 aromatic carbocycles. The Balaban J connectivity index is 1.09. The van der Waals surface area contributed by atoms with Gasteiger partial charge in [0, 0.05) is 0 Å². The second-order valence-corrected chi connectivity index (χ2v) is 9.04. The molecule has 0 bridgehead atoms. The molecule has 0 N–H and O–H groups in total. The fourth-order valence-electron chi connectivity index (χ4n) is 5.12. The van der Waals surface area contributed by atoms with Crippen LogP contribution in [0.4, 0.5) is 8.78 Å². The van der Waals surface area contributed by atoms with E-state index in [4.69, 9.17) is 0 Å². The summed E-state index contributed by atoms with van der Waals surface area (Å²) in [5, 5.41) is 0. The average Bonchev–Trinajstić information content (AvgIpc) is 2.79. The predicted molar refractivity (Wildman–Crippen MR) is 119 cm³/mol. The van der Waals surface area contributed by atoms with Gasteiger partial charge in [0.25, 0.3) is 0 Å². The molecule has 2 nitrogen and oxygen atoms in total. The molecule has 162 valence electrons. The maximum Gasteiger partial charge on any atom is 0.123 e. The molecule has 2 aromatic rings. The number of likely N-dealkylation sites (tertiary alicyclic amines) is 2. The van der Waals surface area contributed by atoms with Gasteiger partial charge in [0.15, 0.2) is 0 Å². The van der Waals surface area contributed by atoms with E-state index in [-0.39, 0.29) is 11.6 Å². The number of hydrogen-bond donors (Lipinski definition) is 0. The highest BCUT2D eigenvalue weighted by molar-refractivity contribution is 5.22. The fourth-order valence-corrected chi connectivity index (χ4v) is 5.12. The molecular formula is C26H34F2N2. The largest absolute Gasteiger partial charge is 0.303 e. The molecule has 0 aliphatic carbocycles. The second kappa shape index (κ2) is 10.5. The van der Waals surface area contributed by atoms with Gasteiger partial charge < -0.3 is 9.80 Å². The zero-order valence-electron chi connectivity index (χ0n) is 17.9. The summed E-state index contributed by atoms with van der Waals surface area (Å²) in [6.45, 7) is 7.02. The van der Waals surface area contributed by atoms with Crippen molar-refractivity contribution < 1.29 is 8.78 Å². The van der Waals surface area contributed by atoms with Crippen LogP contribution >= 0.6 is 0 Å². The second-order valence-electron chi connectivity index (χ2n) is 9.04. The number of piperidine rings is 2. The van der Waals surface area contributed by atoms with Crippen molar-refractivity contribution in [2.75, 3.05) is 39.3 Å². The van der Waals surface area contributed by atoms with Crippen molar-refractivity contribution in [2.45, 2.75) is 50.4 Å².